The normalized spacial score (nSPS) is 19.3. The van der Waals surface area contributed by atoms with Gasteiger partial charge >= 0.3 is 0 Å². The van der Waals surface area contributed by atoms with E-state index in [4.69, 9.17) is 11.6 Å². The zero-order valence-corrected chi connectivity index (χ0v) is 14.3. The third kappa shape index (κ3) is 3.09. The summed E-state index contributed by atoms with van der Waals surface area (Å²) in [4.78, 5) is 27.2. The van der Waals surface area contributed by atoms with Gasteiger partial charge in [0.2, 0.25) is 5.43 Å². The van der Waals surface area contributed by atoms with Crippen LogP contribution in [-0.2, 0) is 9.84 Å². The molecule has 0 bridgehead atoms. The SMILES string of the molecule is Cc1[nH]cc(C(=O)Nc2ccnn2C2CCS(=O)(=O)C2)c(=O)c1Cl. The van der Waals surface area contributed by atoms with Crippen molar-refractivity contribution >= 4 is 33.2 Å². The predicted molar refractivity (Wildman–Crippen MR) is 89.3 cm³/mol. The van der Waals surface area contributed by atoms with Gasteiger partial charge in [0.1, 0.15) is 16.4 Å². The van der Waals surface area contributed by atoms with Gasteiger partial charge in [0.25, 0.3) is 5.91 Å². The Labute approximate surface area is 142 Å². The van der Waals surface area contributed by atoms with Crippen molar-refractivity contribution in [3.63, 3.8) is 0 Å². The molecule has 2 aromatic rings. The number of nitrogens with zero attached hydrogens (tertiary/aromatic N) is 2. The van der Waals surface area contributed by atoms with Gasteiger partial charge in [-0.05, 0) is 13.3 Å². The highest BCUT2D eigenvalue weighted by molar-refractivity contribution is 7.91. The number of nitrogens with one attached hydrogen (secondary N) is 2. The van der Waals surface area contributed by atoms with Gasteiger partial charge in [0.15, 0.2) is 9.84 Å². The Bertz CT molecular complexity index is 963. The molecule has 2 aromatic heterocycles. The van der Waals surface area contributed by atoms with E-state index in [9.17, 15) is 18.0 Å². The summed E-state index contributed by atoms with van der Waals surface area (Å²) >= 11 is 5.87. The predicted octanol–water partition coefficient (Wildman–Crippen LogP) is 1.15. The summed E-state index contributed by atoms with van der Waals surface area (Å²) in [5.74, 6) is -0.230. The summed E-state index contributed by atoms with van der Waals surface area (Å²) in [6.45, 7) is 1.63. The number of aromatic amines is 1. The van der Waals surface area contributed by atoms with E-state index >= 15 is 0 Å². The molecular weight excluding hydrogens is 356 g/mol. The average Bonchev–Trinajstić information content (AvgIpc) is 3.10. The fourth-order valence-corrected chi connectivity index (χ4v) is 4.47. The summed E-state index contributed by atoms with van der Waals surface area (Å²) in [6, 6.07) is 1.22. The molecule has 0 spiro atoms. The second kappa shape index (κ2) is 6.06. The van der Waals surface area contributed by atoms with E-state index < -0.39 is 21.2 Å². The van der Waals surface area contributed by atoms with E-state index in [0.29, 0.717) is 17.9 Å². The van der Waals surface area contributed by atoms with Gasteiger partial charge in [-0.2, -0.15) is 5.10 Å². The fraction of sp³-hybridized carbons (Fsp3) is 0.357. The molecule has 3 rings (SSSR count). The molecule has 1 aliphatic heterocycles. The Morgan fingerprint density at radius 1 is 1.50 bits per heavy atom. The Balaban J connectivity index is 1.86. The first-order valence-electron chi connectivity index (χ1n) is 7.21. The van der Waals surface area contributed by atoms with Crippen molar-refractivity contribution in [1.29, 1.82) is 0 Å². The van der Waals surface area contributed by atoms with Crippen LogP contribution in [0.25, 0.3) is 0 Å². The highest BCUT2D eigenvalue weighted by Crippen LogP contribution is 2.26. The number of carbonyl (C=O) groups excluding carboxylic acids is 1. The van der Waals surface area contributed by atoms with Crippen LogP contribution >= 0.6 is 11.6 Å². The van der Waals surface area contributed by atoms with Crippen molar-refractivity contribution in [2.75, 3.05) is 16.8 Å². The summed E-state index contributed by atoms with van der Waals surface area (Å²) < 4.78 is 24.7. The summed E-state index contributed by atoms with van der Waals surface area (Å²) in [5, 5.41) is 6.63. The van der Waals surface area contributed by atoms with Crippen molar-refractivity contribution in [2.24, 2.45) is 0 Å². The van der Waals surface area contributed by atoms with Gasteiger partial charge in [0.05, 0.1) is 23.7 Å². The number of pyridine rings is 1. The van der Waals surface area contributed by atoms with Crippen molar-refractivity contribution in [3.8, 4) is 0 Å². The number of H-pyrrole nitrogens is 1. The number of hydrogen-bond acceptors (Lipinski definition) is 5. The number of carbonyl (C=O) groups is 1. The molecule has 0 saturated carbocycles. The van der Waals surface area contributed by atoms with Crippen LogP contribution in [0.2, 0.25) is 5.02 Å². The maximum Gasteiger partial charge on any atom is 0.262 e. The lowest BCUT2D eigenvalue weighted by atomic mass is 10.2. The average molecular weight is 371 g/mol. The maximum absolute atomic E-state index is 12.3. The van der Waals surface area contributed by atoms with Crippen LogP contribution in [0.5, 0.6) is 0 Å². The number of aromatic nitrogens is 3. The van der Waals surface area contributed by atoms with Crippen molar-refractivity contribution in [1.82, 2.24) is 14.8 Å². The van der Waals surface area contributed by atoms with Crippen LogP contribution in [0, 0.1) is 6.92 Å². The van der Waals surface area contributed by atoms with Crippen molar-refractivity contribution in [2.45, 2.75) is 19.4 Å². The van der Waals surface area contributed by atoms with Gasteiger partial charge in [-0.1, -0.05) is 11.6 Å². The lowest BCUT2D eigenvalue weighted by Crippen LogP contribution is -2.25. The quantitative estimate of drug-likeness (QED) is 0.841. The summed E-state index contributed by atoms with van der Waals surface area (Å²) in [7, 11) is -3.08. The maximum atomic E-state index is 12.3. The third-order valence-corrected chi connectivity index (χ3v) is 6.12. The topological polar surface area (TPSA) is 114 Å². The number of rotatable bonds is 3. The first-order chi connectivity index (χ1) is 11.3. The molecule has 1 saturated heterocycles. The van der Waals surface area contributed by atoms with Gasteiger partial charge in [-0.15, -0.1) is 0 Å². The van der Waals surface area contributed by atoms with Crippen molar-refractivity contribution in [3.05, 3.63) is 45.0 Å². The van der Waals surface area contributed by atoms with E-state index in [1.807, 2.05) is 0 Å². The molecule has 2 N–H and O–H groups in total. The minimum atomic E-state index is -3.08. The minimum Gasteiger partial charge on any atom is -0.363 e. The largest absolute Gasteiger partial charge is 0.363 e. The molecule has 1 unspecified atom stereocenters. The highest BCUT2D eigenvalue weighted by atomic mass is 35.5. The minimum absolute atomic E-state index is 0.0194. The number of anilines is 1. The Kier molecular flexibility index (Phi) is 4.22. The van der Waals surface area contributed by atoms with Crippen LogP contribution in [-0.4, -0.2) is 40.6 Å². The molecule has 10 heteroatoms. The van der Waals surface area contributed by atoms with E-state index in [0.717, 1.165) is 0 Å². The highest BCUT2D eigenvalue weighted by Gasteiger charge is 2.31. The molecule has 1 fully saturated rings. The van der Waals surface area contributed by atoms with Crippen LogP contribution in [0.3, 0.4) is 0 Å². The first kappa shape index (κ1) is 16.7. The molecular formula is C14H15ClN4O4S. The molecule has 1 aliphatic rings. The van der Waals surface area contributed by atoms with E-state index in [-0.39, 0.29) is 28.1 Å². The molecule has 0 radical (unpaired) electrons. The number of amides is 1. The first-order valence-corrected chi connectivity index (χ1v) is 9.41. The zero-order valence-electron chi connectivity index (χ0n) is 12.7. The van der Waals surface area contributed by atoms with Crippen LogP contribution < -0.4 is 10.7 Å². The molecule has 0 aliphatic carbocycles. The fourth-order valence-electron chi connectivity index (χ4n) is 2.62. The standard InChI is InChI=1S/C14H15ClN4O4S/c1-8-12(15)13(20)10(6-16-8)14(21)18-11-2-4-17-19(11)9-3-5-24(22,23)7-9/h2,4,6,9H,3,5,7H2,1H3,(H,16,20)(H,18,21). The Morgan fingerprint density at radius 2 is 2.25 bits per heavy atom. The van der Waals surface area contributed by atoms with Crippen molar-refractivity contribution < 1.29 is 13.2 Å². The summed E-state index contributed by atoms with van der Waals surface area (Å²) in [5.41, 5.74) is -0.225. The second-order valence-corrected chi connectivity index (χ2v) is 8.25. The van der Waals surface area contributed by atoms with Gasteiger partial charge in [-0.3, -0.25) is 9.59 Å². The number of aryl methyl sites for hydroxylation is 1. The molecule has 1 atom stereocenters. The molecule has 128 valence electrons. The monoisotopic (exact) mass is 370 g/mol. The van der Waals surface area contributed by atoms with E-state index in [2.05, 4.69) is 15.4 Å². The molecule has 24 heavy (non-hydrogen) atoms. The smallest absolute Gasteiger partial charge is 0.262 e. The molecule has 8 nitrogen and oxygen atoms in total. The zero-order chi connectivity index (χ0) is 17.5. The molecule has 0 aromatic carbocycles. The lowest BCUT2D eigenvalue weighted by Gasteiger charge is -2.13. The van der Waals surface area contributed by atoms with Crippen LogP contribution in [0.4, 0.5) is 5.82 Å². The second-order valence-electron chi connectivity index (χ2n) is 5.64. The third-order valence-electron chi connectivity index (χ3n) is 3.92. The van der Waals surface area contributed by atoms with Gasteiger partial charge in [-0.25, -0.2) is 13.1 Å². The number of sulfone groups is 1. The lowest BCUT2D eigenvalue weighted by molar-refractivity contribution is 0.102. The van der Waals surface area contributed by atoms with Crippen LogP contribution in [0.15, 0.2) is 23.3 Å². The summed E-state index contributed by atoms with van der Waals surface area (Å²) in [6.07, 6.45) is 3.19. The van der Waals surface area contributed by atoms with Crippen LogP contribution in [0.1, 0.15) is 28.5 Å². The Morgan fingerprint density at radius 3 is 2.92 bits per heavy atom. The van der Waals surface area contributed by atoms with Gasteiger partial charge < -0.3 is 10.3 Å². The number of hydrogen-bond donors (Lipinski definition) is 2. The molecule has 3 heterocycles. The van der Waals surface area contributed by atoms with E-state index in [1.165, 1.54) is 17.1 Å². The van der Waals surface area contributed by atoms with Gasteiger partial charge in [0, 0.05) is 18.0 Å². The number of halogens is 1. The van der Waals surface area contributed by atoms with E-state index in [1.54, 1.807) is 13.0 Å². The molecule has 1 amide bonds. The Hall–Kier alpha value is -2.13.